The maximum Gasteiger partial charge on any atom is 0.320 e. The van der Waals surface area contributed by atoms with Gasteiger partial charge in [-0.05, 0) is 56.1 Å². The molecule has 2 aromatic rings. The first-order valence-electron chi connectivity index (χ1n) is 13.6. The van der Waals surface area contributed by atoms with Crippen molar-refractivity contribution in [1.29, 1.82) is 0 Å². The molecule has 0 saturated carbocycles. The number of piperidine rings is 4. The molecular formula is C27H36N6O3. The minimum Gasteiger partial charge on any atom is -0.355 e. The molecule has 0 radical (unpaired) electrons. The molecule has 0 spiro atoms. The zero-order valence-corrected chi connectivity index (χ0v) is 20.8. The Kier molecular flexibility index (Phi) is 6.31. The van der Waals surface area contributed by atoms with Crippen LogP contribution in [0.25, 0.3) is 11.0 Å². The summed E-state index contributed by atoms with van der Waals surface area (Å²) in [4.78, 5) is 52.4. The van der Waals surface area contributed by atoms with Crippen molar-refractivity contribution in [2.24, 2.45) is 17.8 Å². The molecule has 9 nitrogen and oxygen atoms in total. The van der Waals surface area contributed by atoms with E-state index in [1.807, 2.05) is 34.1 Å². The maximum atomic E-state index is 13.3. The highest BCUT2D eigenvalue weighted by Crippen LogP contribution is 2.38. The molecule has 4 aliphatic rings. The van der Waals surface area contributed by atoms with Crippen molar-refractivity contribution in [2.45, 2.75) is 51.0 Å². The van der Waals surface area contributed by atoms with Crippen LogP contribution in [0.5, 0.6) is 0 Å². The van der Waals surface area contributed by atoms with E-state index in [4.69, 9.17) is 0 Å². The number of aromatic nitrogens is 2. The number of carbonyl (C=O) groups excluding carboxylic acids is 3. The van der Waals surface area contributed by atoms with Crippen LogP contribution < -0.4 is 5.32 Å². The van der Waals surface area contributed by atoms with E-state index in [0.717, 1.165) is 55.8 Å². The average molecular weight is 493 g/mol. The summed E-state index contributed by atoms with van der Waals surface area (Å²) >= 11 is 0. The molecule has 6 rings (SSSR count). The normalized spacial score (nSPS) is 26.7. The monoisotopic (exact) mass is 492 g/mol. The lowest BCUT2D eigenvalue weighted by molar-refractivity contribution is -0.144. The number of aromatic amines is 1. The fraction of sp³-hybridized carbons (Fsp3) is 0.630. The molecule has 192 valence electrons. The van der Waals surface area contributed by atoms with Gasteiger partial charge in [0.2, 0.25) is 11.8 Å². The lowest BCUT2D eigenvalue weighted by Gasteiger charge is -2.53. The van der Waals surface area contributed by atoms with Gasteiger partial charge in [0.15, 0.2) is 0 Å². The van der Waals surface area contributed by atoms with Crippen molar-refractivity contribution in [2.75, 3.05) is 39.3 Å². The Balaban J connectivity index is 0.966. The first-order valence-corrected chi connectivity index (χ1v) is 13.6. The van der Waals surface area contributed by atoms with Crippen LogP contribution in [0.3, 0.4) is 0 Å². The molecule has 1 aromatic heterocycles. The van der Waals surface area contributed by atoms with Gasteiger partial charge in [0.25, 0.3) is 0 Å². The number of likely N-dealkylation sites (tertiary alicyclic amines) is 2. The number of carbonyl (C=O) groups is 3. The number of hydrogen-bond donors (Lipinski definition) is 2. The second kappa shape index (κ2) is 9.75. The predicted molar refractivity (Wildman–Crippen MR) is 135 cm³/mol. The summed E-state index contributed by atoms with van der Waals surface area (Å²) < 4.78 is 0. The summed E-state index contributed by atoms with van der Waals surface area (Å²) in [6.07, 6.45) is 5.93. The fourth-order valence-corrected chi connectivity index (χ4v) is 6.87. The van der Waals surface area contributed by atoms with Crippen LogP contribution in [0.2, 0.25) is 0 Å². The number of para-hydroxylation sites is 2. The molecule has 4 fully saturated rings. The van der Waals surface area contributed by atoms with Gasteiger partial charge in [0.05, 0.1) is 11.0 Å². The Morgan fingerprint density at radius 1 is 1.06 bits per heavy atom. The Bertz CT molecular complexity index is 1110. The molecule has 9 heteroatoms. The van der Waals surface area contributed by atoms with Crippen LogP contribution in [-0.2, 0) is 16.0 Å². The zero-order valence-electron chi connectivity index (χ0n) is 20.8. The van der Waals surface area contributed by atoms with E-state index in [1.165, 1.54) is 0 Å². The Morgan fingerprint density at radius 3 is 2.72 bits per heavy atom. The fourth-order valence-electron chi connectivity index (χ4n) is 6.87. The van der Waals surface area contributed by atoms with Crippen molar-refractivity contribution in [3.8, 4) is 0 Å². The van der Waals surface area contributed by atoms with Gasteiger partial charge in [0.1, 0.15) is 5.82 Å². The van der Waals surface area contributed by atoms with Gasteiger partial charge >= 0.3 is 6.03 Å². The highest BCUT2D eigenvalue weighted by Gasteiger charge is 2.45. The highest BCUT2D eigenvalue weighted by molar-refractivity contribution is 5.80. The number of nitrogens with zero attached hydrogens (tertiary/aromatic N) is 4. The molecule has 36 heavy (non-hydrogen) atoms. The van der Waals surface area contributed by atoms with Crippen LogP contribution in [0.4, 0.5) is 4.79 Å². The number of urea groups is 1. The van der Waals surface area contributed by atoms with Crippen LogP contribution in [0.15, 0.2) is 24.3 Å². The van der Waals surface area contributed by atoms with E-state index < -0.39 is 0 Å². The minimum absolute atomic E-state index is 0.0488. The topological polar surface area (TPSA) is 102 Å². The number of amides is 4. The number of hydrogen-bond acceptors (Lipinski definition) is 4. The average Bonchev–Trinajstić information content (AvgIpc) is 3.32. The largest absolute Gasteiger partial charge is 0.355 e. The molecule has 4 aliphatic heterocycles. The summed E-state index contributed by atoms with van der Waals surface area (Å²) in [5.41, 5.74) is 1.95. The summed E-state index contributed by atoms with van der Waals surface area (Å²) in [6, 6.07) is 8.35. The van der Waals surface area contributed by atoms with E-state index >= 15 is 0 Å². The van der Waals surface area contributed by atoms with Gasteiger partial charge in [-0.15, -0.1) is 0 Å². The van der Waals surface area contributed by atoms with Crippen LogP contribution in [0, 0.1) is 17.8 Å². The van der Waals surface area contributed by atoms with Crippen molar-refractivity contribution < 1.29 is 14.4 Å². The van der Waals surface area contributed by atoms with Crippen LogP contribution >= 0.6 is 0 Å². The van der Waals surface area contributed by atoms with Crippen LogP contribution in [-0.4, -0.2) is 87.8 Å². The van der Waals surface area contributed by atoms with Crippen molar-refractivity contribution in [1.82, 2.24) is 30.0 Å². The number of rotatable bonds is 4. The summed E-state index contributed by atoms with van der Waals surface area (Å²) in [5.74, 6) is 2.00. The summed E-state index contributed by atoms with van der Waals surface area (Å²) in [6.45, 7) is 4.11. The molecular weight excluding hydrogens is 456 g/mol. The first kappa shape index (κ1) is 23.3. The van der Waals surface area contributed by atoms with Gasteiger partial charge in [-0.2, -0.15) is 0 Å². The molecule has 4 saturated heterocycles. The highest BCUT2D eigenvalue weighted by atomic mass is 16.2. The zero-order chi connectivity index (χ0) is 24.6. The summed E-state index contributed by atoms with van der Waals surface area (Å²) in [5, 5.41) is 3.06. The third-order valence-corrected chi connectivity index (χ3v) is 8.69. The minimum atomic E-state index is -0.0488. The summed E-state index contributed by atoms with van der Waals surface area (Å²) in [7, 11) is 0. The SMILES string of the molecule is O=C(NCCc1nc2ccccc2[nH]1)C1CCN(C(=O)N2C[C@H]3C[C@H](C2)[C@H]2CCCC(=O)N2C3)CC1. The molecule has 2 N–H and O–H groups in total. The molecule has 4 amide bonds. The Morgan fingerprint density at radius 2 is 1.89 bits per heavy atom. The standard InChI is InChI=1S/C27H36N6O3/c34-25-7-3-6-23-20-14-18(16-33(23)25)15-32(17-20)27(36)31-12-9-19(10-13-31)26(35)28-11-8-24-29-21-4-1-2-5-22(21)30-24/h1-2,4-5,18-20,23H,3,6-17H2,(H,28,35)(H,29,30)/t18-,20-,23-/m1/s1. The molecule has 5 heterocycles. The van der Waals surface area contributed by atoms with Crippen molar-refractivity contribution in [3.05, 3.63) is 30.1 Å². The van der Waals surface area contributed by atoms with Gasteiger partial charge in [-0.1, -0.05) is 12.1 Å². The Hall–Kier alpha value is -3.10. The van der Waals surface area contributed by atoms with Gasteiger partial charge in [-0.3, -0.25) is 9.59 Å². The first-order chi connectivity index (χ1) is 17.5. The van der Waals surface area contributed by atoms with Gasteiger partial charge < -0.3 is 25.0 Å². The number of H-pyrrole nitrogens is 1. The molecule has 2 bridgehead atoms. The van der Waals surface area contributed by atoms with E-state index in [1.54, 1.807) is 0 Å². The van der Waals surface area contributed by atoms with Crippen LogP contribution in [0.1, 0.15) is 44.3 Å². The predicted octanol–water partition coefficient (Wildman–Crippen LogP) is 2.39. The third kappa shape index (κ3) is 4.55. The van der Waals surface area contributed by atoms with Gasteiger partial charge in [-0.25, -0.2) is 9.78 Å². The lowest BCUT2D eigenvalue weighted by Crippen LogP contribution is -2.62. The Labute approximate surface area is 211 Å². The molecule has 0 unspecified atom stereocenters. The molecule has 3 atom stereocenters. The second-order valence-corrected chi connectivity index (χ2v) is 11.1. The third-order valence-electron chi connectivity index (χ3n) is 8.69. The number of benzene rings is 1. The van der Waals surface area contributed by atoms with E-state index in [9.17, 15) is 14.4 Å². The molecule has 1 aromatic carbocycles. The van der Waals surface area contributed by atoms with E-state index in [-0.39, 0.29) is 17.9 Å². The van der Waals surface area contributed by atoms with E-state index in [0.29, 0.717) is 69.1 Å². The van der Waals surface area contributed by atoms with Gasteiger partial charge in [0, 0.05) is 64.1 Å². The second-order valence-electron chi connectivity index (χ2n) is 11.1. The van der Waals surface area contributed by atoms with Crippen molar-refractivity contribution >= 4 is 28.9 Å². The number of imidazole rings is 1. The van der Waals surface area contributed by atoms with Crippen molar-refractivity contribution in [3.63, 3.8) is 0 Å². The quantitative estimate of drug-likeness (QED) is 0.684. The van der Waals surface area contributed by atoms with E-state index in [2.05, 4.69) is 20.2 Å². The maximum absolute atomic E-state index is 13.3. The smallest absolute Gasteiger partial charge is 0.320 e. The lowest BCUT2D eigenvalue weighted by atomic mass is 9.76. The molecule has 0 aliphatic carbocycles. The number of fused-ring (bicyclic) bond motifs is 5. The number of nitrogens with one attached hydrogen (secondary N) is 2.